The minimum atomic E-state index is -0.214. The van der Waals surface area contributed by atoms with E-state index in [1.807, 2.05) is 0 Å². The Morgan fingerprint density at radius 3 is 2.38 bits per heavy atom. The quantitative estimate of drug-likeness (QED) is 0.619. The first-order valence-electron chi connectivity index (χ1n) is 5.36. The maximum Gasteiger partial charge on any atom is 0.149 e. The highest BCUT2D eigenvalue weighted by atomic mass is 16.1. The molecule has 0 spiro atoms. The van der Waals surface area contributed by atoms with Crippen molar-refractivity contribution in [1.82, 2.24) is 0 Å². The fraction of sp³-hybridized carbons (Fsp3) is 0.909. The molecule has 0 aliphatic rings. The third-order valence-corrected chi connectivity index (χ3v) is 2.14. The molecule has 0 fully saturated rings. The van der Waals surface area contributed by atoms with Crippen LogP contribution >= 0.6 is 0 Å². The largest absolute Gasteiger partial charge is 0.322 e. The number of hydrogen-bond acceptors (Lipinski definition) is 2. The van der Waals surface area contributed by atoms with Crippen molar-refractivity contribution in [2.45, 2.75) is 58.9 Å². The number of Topliss-reactive ketones (excluding diaryl/α,β-unsaturated/α-hetero) is 1. The SMILES string of the molecule is CCCCCC(N)C(=O)CC(C)C. The Hall–Kier alpha value is -0.370. The summed E-state index contributed by atoms with van der Waals surface area (Å²) in [4.78, 5) is 11.4. The molecule has 78 valence electrons. The Kier molecular flexibility index (Phi) is 6.87. The van der Waals surface area contributed by atoms with E-state index < -0.39 is 0 Å². The molecule has 2 N–H and O–H groups in total. The third-order valence-electron chi connectivity index (χ3n) is 2.14. The number of hydrogen-bond donors (Lipinski definition) is 1. The van der Waals surface area contributed by atoms with Crippen LogP contribution in [0.4, 0.5) is 0 Å². The molecule has 0 aliphatic heterocycles. The van der Waals surface area contributed by atoms with Gasteiger partial charge in [0.25, 0.3) is 0 Å². The van der Waals surface area contributed by atoms with Crippen LogP contribution in [0.15, 0.2) is 0 Å². The average Bonchev–Trinajstić information content (AvgIpc) is 2.03. The predicted molar refractivity (Wildman–Crippen MR) is 56.6 cm³/mol. The Balaban J connectivity index is 3.57. The summed E-state index contributed by atoms with van der Waals surface area (Å²) in [6.45, 7) is 6.26. The number of nitrogens with two attached hydrogens (primary N) is 1. The molecule has 0 heterocycles. The summed E-state index contributed by atoms with van der Waals surface area (Å²) >= 11 is 0. The monoisotopic (exact) mass is 185 g/mol. The highest BCUT2D eigenvalue weighted by molar-refractivity contribution is 5.83. The molecule has 0 saturated carbocycles. The molecule has 2 nitrogen and oxygen atoms in total. The molecule has 0 aromatic rings. The average molecular weight is 185 g/mol. The molecular formula is C11H23NO. The summed E-state index contributed by atoms with van der Waals surface area (Å²) < 4.78 is 0. The van der Waals surface area contributed by atoms with Gasteiger partial charge in [-0.2, -0.15) is 0 Å². The number of carbonyl (C=O) groups excluding carboxylic acids is 1. The van der Waals surface area contributed by atoms with E-state index in [9.17, 15) is 4.79 Å². The lowest BCUT2D eigenvalue weighted by Gasteiger charge is -2.11. The van der Waals surface area contributed by atoms with Crippen LogP contribution in [0.5, 0.6) is 0 Å². The van der Waals surface area contributed by atoms with Gasteiger partial charge in [0.05, 0.1) is 6.04 Å². The van der Waals surface area contributed by atoms with Crippen LogP contribution in [0.1, 0.15) is 52.9 Å². The Morgan fingerprint density at radius 1 is 1.31 bits per heavy atom. The highest BCUT2D eigenvalue weighted by Gasteiger charge is 2.13. The molecule has 0 aliphatic carbocycles. The van der Waals surface area contributed by atoms with Crippen LogP contribution in [-0.2, 0) is 4.79 Å². The van der Waals surface area contributed by atoms with Crippen LogP contribution < -0.4 is 5.73 Å². The van der Waals surface area contributed by atoms with Crippen molar-refractivity contribution in [2.75, 3.05) is 0 Å². The molecular weight excluding hydrogens is 162 g/mol. The van der Waals surface area contributed by atoms with Gasteiger partial charge in [-0.15, -0.1) is 0 Å². The highest BCUT2D eigenvalue weighted by Crippen LogP contribution is 2.07. The molecule has 0 aromatic heterocycles. The minimum absolute atomic E-state index is 0.214. The van der Waals surface area contributed by atoms with E-state index >= 15 is 0 Å². The van der Waals surface area contributed by atoms with E-state index in [4.69, 9.17) is 5.73 Å². The molecule has 0 radical (unpaired) electrons. The van der Waals surface area contributed by atoms with Gasteiger partial charge in [-0.25, -0.2) is 0 Å². The Morgan fingerprint density at radius 2 is 1.92 bits per heavy atom. The summed E-state index contributed by atoms with van der Waals surface area (Å²) in [7, 11) is 0. The number of unbranched alkanes of at least 4 members (excludes halogenated alkanes) is 2. The maximum atomic E-state index is 11.4. The first-order valence-corrected chi connectivity index (χ1v) is 5.36. The number of carbonyl (C=O) groups is 1. The lowest BCUT2D eigenvalue weighted by Crippen LogP contribution is -2.31. The molecule has 0 rings (SSSR count). The van der Waals surface area contributed by atoms with E-state index in [1.165, 1.54) is 12.8 Å². The molecule has 2 heteroatoms. The Bertz CT molecular complexity index is 143. The lowest BCUT2D eigenvalue weighted by atomic mass is 9.98. The van der Waals surface area contributed by atoms with Crippen LogP contribution in [0.3, 0.4) is 0 Å². The minimum Gasteiger partial charge on any atom is -0.322 e. The van der Waals surface area contributed by atoms with Crippen LogP contribution in [0.25, 0.3) is 0 Å². The van der Waals surface area contributed by atoms with Gasteiger partial charge in [0.15, 0.2) is 0 Å². The van der Waals surface area contributed by atoms with Gasteiger partial charge in [0.1, 0.15) is 5.78 Å². The van der Waals surface area contributed by atoms with Crippen molar-refractivity contribution < 1.29 is 4.79 Å². The van der Waals surface area contributed by atoms with Crippen LogP contribution in [0.2, 0.25) is 0 Å². The van der Waals surface area contributed by atoms with Gasteiger partial charge in [0.2, 0.25) is 0 Å². The van der Waals surface area contributed by atoms with E-state index in [2.05, 4.69) is 20.8 Å². The van der Waals surface area contributed by atoms with Crippen molar-refractivity contribution >= 4 is 5.78 Å². The lowest BCUT2D eigenvalue weighted by molar-refractivity contribution is -0.121. The van der Waals surface area contributed by atoms with Crippen LogP contribution in [0, 0.1) is 5.92 Å². The normalized spacial score (nSPS) is 13.3. The van der Waals surface area contributed by atoms with Gasteiger partial charge in [0, 0.05) is 6.42 Å². The molecule has 0 aromatic carbocycles. The van der Waals surface area contributed by atoms with E-state index in [1.54, 1.807) is 0 Å². The zero-order chi connectivity index (χ0) is 10.3. The number of ketones is 1. The van der Waals surface area contributed by atoms with Crippen molar-refractivity contribution in [3.63, 3.8) is 0 Å². The summed E-state index contributed by atoms with van der Waals surface area (Å²) in [5.41, 5.74) is 5.76. The van der Waals surface area contributed by atoms with Gasteiger partial charge in [-0.3, -0.25) is 4.79 Å². The maximum absolute atomic E-state index is 11.4. The molecule has 0 bridgehead atoms. The van der Waals surface area contributed by atoms with E-state index in [0.29, 0.717) is 12.3 Å². The van der Waals surface area contributed by atoms with Gasteiger partial charge in [-0.05, 0) is 12.3 Å². The van der Waals surface area contributed by atoms with Crippen molar-refractivity contribution in [2.24, 2.45) is 11.7 Å². The topological polar surface area (TPSA) is 43.1 Å². The summed E-state index contributed by atoms with van der Waals surface area (Å²) in [5, 5.41) is 0. The Labute approximate surface area is 81.9 Å². The zero-order valence-corrected chi connectivity index (χ0v) is 9.18. The third kappa shape index (κ3) is 6.76. The van der Waals surface area contributed by atoms with Gasteiger partial charge in [-0.1, -0.05) is 40.0 Å². The fourth-order valence-corrected chi connectivity index (χ4v) is 1.33. The smallest absolute Gasteiger partial charge is 0.149 e. The second kappa shape index (κ2) is 7.07. The molecule has 0 saturated heterocycles. The van der Waals surface area contributed by atoms with Crippen molar-refractivity contribution in [3.05, 3.63) is 0 Å². The standard InChI is InChI=1S/C11H23NO/c1-4-5-6-7-10(12)11(13)8-9(2)3/h9-10H,4-8,12H2,1-3H3. The second-order valence-electron chi connectivity index (χ2n) is 4.17. The molecule has 1 unspecified atom stereocenters. The zero-order valence-electron chi connectivity index (χ0n) is 9.18. The summed E-state index contributed by atoms with van der Waals surface area (Å²) in [5.74, 6) is 0.663. The van der Waals surface area contributed by atoms with Crippen molar-refractivity contribution in [3.8, 4) is 0 Å². The number of rotatable bonds is 7. The molecule has 13 heavy (non-hydrogen) atoms. The molecule has 0 amide bonds. The first-order chi connectivity index (χ1) is 6.07. The first kappa shape index (κ1) is 12.6. The van der Waals surface area contributed by atoms with E-state index in [0.717, 1.165) is 12.8 Å². The second-order valence-corrected chi connectivity index (χ2v) is 4.17. The predicted octanol–water partition coefficient (Wildman–Crippen LogP) is 2.51. The summed E-state index contributed by atoms with van der Waals surface area (Å²) in [6.07, 6.45) is 4.95. The van der Waals surface area contributed by atoms with Crippen LogP contribution in [-0.4, -0.2) is 11.8 Å². The van der Waals surface area contributed by atoms with Gasteiger partial charge >= 0.3 is 0 Å². The van der Waals surface area contributed by atoms with Gasteiger partial charge < -0.3 is 5.73 Å². The van der Waals surface area contributed by atoms with Crippen molar-refractivity contribution in [1.29, 1.82) is 0 Å². The van der Waals surface area contributed by atoms with E-state index in [-0.39, 0.29) is 11.8 Å². The summed E-state index contributed by atoms with van der Waals surface area (Å²) in [6, 6.07) is -0.214. The molecule has 1 atom stereocenters. The fourth-order valence-electron chi connectivity index (χ4n) is 1.33.